The second kappa shape index (κ2) is 7.43. The van der Waals surface area contributed by atoms with E-state index in [2.05, 4.69) is 31.1 Å². The molecule has 0 saturated heterocycles. The Balaban J connectivity index is 2.79. The van der Waals surface area contributed by atoms with Gasteiger partial charge in [0.15, 0.2) is 0 Å². The number of hydrogen-bond acceptors (Lipinski definition) is 5. The average molecular weight is 310 g/mol. The molecule has 0 aromatic rings. The molecule has 0 N–H and O–H groups in total. The molecule has 0 unspecified atom stereocenters. The van der Waals surface area contributed by atoms with Crippen LogP contribution in [0, 0.1) is 11.5 Å². The van der Waals surface area contributed by atoms with Gasteiger partial charge in [0.1, 0.15) is 33.0 Å². The number of rotatable bonds is 3. The fourth-order valence-electron chi connectivity index (χ4n) is 1.66. The summed E-state index contributed by atoms with van der Waals surface area (Å²) in [6, 6.07) is 0. The van der Waals surface area contributed by atoms with Crippen LogP contribution in [0.4, 0.5) is 0 Å². The van der Waals surface area contributed by atoms with Crippen LogP contribution in [0.5, 0.6) is 0 Å². The van der Waals surface area contributed by atoms with E-state index in [4.69, 9.17) is 14.2 Å². The monoisotopic (exact) mass is 310 g/mol. The molecule has 1 heterocycles. The standard InChI is InChI=1S/C15H22O5Si/c1-11(16)18-10-15-14(19-12(2)17)7-6-13(20-15)8-9-21(3,4)5/h6-7,13-15H,10H2,1-5H3/t13-,14+,15-/m1/s1. The molecule has 0 aromatic carbocycles. The third-order valence-electron chi connectivity index (χ3n) is 2.51. The van der Waals surface area contributed by atoms with Gasteiger partial charge >= 0.3 is 11.9 Å². The van der Waals surface area contributed by atoms with Gasteiger partial charge in [0.05, 0.1) is 0 Å². The van der Waals surface area contributed by atoms with Gasteiger partial charge in [0.2, 0.25) is 0 Å². The molecule has 0 fully saturated rings. The highest BCUT2D eigenvalue weighted by molar-refractivity contribution is 6.83. The highest BCUT2D eigenvalue weighted by atomic mass is 28.3. The summed E-state index contributed by atoms with van der Waals surface area (Å²) in [6.07, 6.45) is 2.03. The smallest absolute Gasteiger partial charge is 0.303 e. The third kappa shape index (κ3) is 7.11. The summed E-state index contributed by atoms with van der Waals surface area (Å²) in [5.41, 5.74) is 3.23. The van der Waals surface area contributed by atoms with E-state index >= 15 is 0 Å². The Morgan fingerprint density at radius 3 is 2.38 bits per heavy atom. The van der Waals surface area contributed by atoms with Crippen molar-refractivity contribution >= 4 is 20.0 Å². The summed E-state index contributed by atoms with van der Waals surface area (Å²) in [6.45, 7) is 9.11. The Morgan fingerprint density at radius 2 is 1.86 bits per heavy atom. The molecule has 1 aliphatic rings. The van der Waals surface area contributed by atoms with Crippen molar-refractivity contribution in [2.75, 3.05) is 6.61 Å². The van der Waals surface area contributed by atoms with E-state index in [9.17, 15) is 9.59 Å². The molecular weight excluding hydrogens is 288 g/mol. The van der Waals surface area contributed by atoms with Crippen molar-refractivity contribution in [2.24, 2.45) is 0 Å². The van der Waals surface area contributed by atoms with E-state index in [1.165, 1.54) is 13.8 Å². The van der Waals surface area contributed by atoms with Gasteiger partial charge in [-0.25, -0.2) is 0 Å². The quantitative estimate of drug-likeness (QED) is 0.343. The van der Waals surface area contributed by atoms with E-state index in [0.717, 1.165) is 0 Å². The zero-order valence-electron chi connectivity index (χ0n) is 13.1. The SMILES string of the molecule is CC(=O)OC[C@H]1O[C@@H](C#C[Si](C)(C)C)C=C[C@@H]1OC(C)=O. The summed E-state index contributed by atoms with van der Waals surface area (Å²) in [5, 5.41) is 0. The summed E-state index contributed by atoms with van der Waals surface area (Å²) in [4.78, 5) is 22.0. The van der Waals surface area contributed by atoms with Crippen LogP contribution in [0.3, 0.4) is 0 Å². The summed E-state index contributed by atoms with van der Waals surface area (Å²) < 4.78 is 15.9. The molecular formula is C15H22O5Si. The molecule has 21 heavy (non-hydrogen) atoms. The lowest BCUT2D eigenvalue weighted by molar-refractivity contribution is -0.161. The largest absolute Gasteiger partial charge is 0.463 e. The Hall–Kier alpha value is -1.58. The van der Waals surface area contributed by atoms with Gasteiger partial charge < -0.3 is 14.2 Å². The molecule has 0 bridgehead atoms. The maximum absolute atomic E-state index is 11.1. The molecule has 5 nitrogen and oxygen atoms in total. The first-order valence-electron chi connectivity index (χ1n) is 6.84. The molecule has 0 saturated carbocycles. The molecule has 0 spiro atoms. The Labute approximate surface area is 126 Å². The van der Waals surface area contributed by atoms with E-state index in [-0.39, 0.29) is 12.7 Å². The second-order valence-electron chi connectivity index (χ2n) is 5.88. The first-order chi connectivity index (χ1) is 9.67. The molecule has 0 amide bonds. The van der Waals surface area contributed by atoms with Gasteiger partial charge in [0.25, 0.3) is 0 Å². The van der Waals surface area contributed by atoms with E-state index < -0.39 is 32.2 Å². The number of esters is 2. The lowest BCUT2D eigenvalue weighted by Crippen LogP contribution is -2.41. The molecule has 1 aliphatic heterocycles. The van der Waals surface area contributed by atoms with Crippen LogP contribution in [0.1, 0.15) is 13.8 Å². The van der Waals surface area contributed by atoms with Crippen LogP contribution in [0.2, 0.25) is 19.6 Å². The van der Waals surface area contributed by atoms with Gasteiger partial charge in [-0.15, -0.1) is 5.54 Å². The van der Waals surface area contributed by atoms with Crippen LogP contribution in [-0.4, -0.2) is 44.9 Å². The molecule has 116 valence electrons. The van der Waals surface area contributed by atoms with Gasteiger partial charge in [-0.2, -0.15) is 0 Å². The minimum absolute atomic E-state index is 0.0305. The van der Waals surface area contributed by atoms with Gasteiger partial charge in [-0.3, -0.25) is 9.59 Å². The predicted molar refractivity (Wildman–Crippen MR) is 81.1 cm³/mol. The third-order valence-corrected chi connectivity index (χ3v) is 3.40. The van der Waals surface area contributed by atoms with Crippen LogP contribution in [0.15, 0.2) is 12.2 Å². The number of hydrogen-bond donors (Lipinski definition) is 0. The molecule has 0 aromatic heterocycles. The number of ether oxygens (including phenoxy) is 3. The maximum Gasteiger partial charge on any atom is 0.303 e. The summed E-state index contributed by atoms with van der Waals surface area (Å²) >= 11 is 0. The van der Waals surface area contributed by atoms with Crippen LogP contribution in [-0.2, 0) is 23.8 Å². The topological polar surface area (TPSA) is 61.8 Å². The van der Waals surface area contributed by atoms with E-state index in [0.29, 0.717) is 0 Å². The fraction of sp³-hybridized carbons (Fsp3) is 0.600. The lowest BCUT2D eigenvalue weighted by atomic mass is 10.1. The maximum atomic E-state index is 11.1. The Bertz CT molecular complexity index is 481. The van der Waals surface area contributed by atoms with E-state index in [1.54, 1.807) is 12.2 Å². The van der Waals surface area contributed by atoms with Crippen molar-refractivity contribution in [3.8, 4) is 11.5 Å². The molecule has 0 radical (unpaired) electrons. The Morgan fingerprint density at radius 1 is 1.19 bits per heavy atom. The van der Waals surface area contributed by atoms with Crippen LogP contribution >= 0.6 is 0 Å². The normalized spacial score (nSPS) is 24.7. The van der Waals surface area contributed by atoms with Crippen LogP contribution < -0.4 is 0 Å². The van der Waals surface area contributed by atoms with Crippen molar-refractivity contribution in [1.29, 1.82) is 0 Å². The van der Waals surface area contributed by atoms with Crippen molar-refractivity contribution in [3.63, 3.8) is 0 Å². The predicted octanol–water partition coefficient (Wildman–Crippen LogP) is 1.69. The van der Waals surface area contributed by atoms with Gasteiger partial charge in [-0.05, 0) is 12.2 Å². The number of carbonyl (C=O) groups excluding carboxylic acids is 2. The summed E-state index contributed by atoms with van der Waals surface area (Å²) in [5.74, 6) is 2.26. The first-order valence-corrected chi connectivity index (χ1v) is 10.3. The van der Waals surface area contributed by atoms with E-state index in [1.807, 2.05) is 0 Å². The Kier molecular flexibility index (Phi) is 6.18. The highest BCUT2D eigenvalue weighted by Crippen LogP contribution is 2.17. The van der Waals surface area contributed by atoms with Gasteiger partial charge in [-0.1, -0.05) is 25.6 Å². The zero-order chi connectivity index (χ0) is 16.0. The van der Waals surface area contributed by atoms with Crippen molar-refractivity contribution in [1.82, 2.24) is 0 Å². The first kappa shape index (κ1) is 17.5. The zero-order valence-corrected chi connectivity index (χ0v) is 14.1. The van der Waals surface area contributed by atoms with Crippen molar-refractivity contribution in [2.45, 2.75) is 51.8 Å². The van der Waals surface area contributed by atoms with Crippen molar-refractivity contribution in [3.05, 3.63) is 12.2 Å². The van der Waals surface area contributed by atoms with Gasteiger partial charge in [0, 0.05) is 13.8 Å². The molecule has 0 aliphatic carbocycles. The average Bonchev–Trinajstić information content (AvgIpc) is 2.34. The molecule has 6 heteroatoms. The molecule has 3 atom stereocenters. The molecule has 1 rings (SSSR count). The second-order valence-corrected chi connectivity index (χ2v) is 10.6. The lowest BCUT2D eigenvalue weighted by Gasteiger charge is -2.29. The van der Waals surface area contributed by atoms with Crippen LogP contribution in [0.25, 0.3) is 0 Å². The number of carbonyl (C=O) groups is 2. The highest BCUT2D eigenvalue weighted by Gasteiger charge is 2.30. The fourth-order valence-corrected chi connectivity index (χ4v) is 2.23. The minimum atomic E-state index is -1.49. The minimum Gasteiger partial charge on any atom is -0.463 e. The summed E-state index contributed by atoms with van der Waals surface area (Å²) in [7, 11) is -1.49. The van der Waals surface area contributed by atoms with Crippen molar-refractivity contribution < 1.29 is 23.8 Å².